The molecule has 0 atom stereocenters. The van der Waals surface area contributed by atoms with Crippen molar-refractivity contribution in [3.8, 4) is 5.75 Å². The van der Waals surface area contributed by atoms with Gasteiger partial charge in [0.25, 0.3) is 0 Å². The molecule has 2 rings (SSSR count). The first kappa shape index (κ1) is 13.8. The number of carbonyl (C=O) groups is 2. The van der Waals surface area contributed by atoms with E-state index in [1.165, 1.54) is 6.07 Å². The topological polar surface area (TPSA) is 69.4 Å². The number of ketones is 1. The number of aryl methyl sites for hydroxylation is 1. The molecule has 0 saturated carbocycles. The largest absolute Gasteiger partial charge is 0.485 e. The second-order valence-corrected chi connectivity index (χ2v) is 4.42. The Kier molecular flexibility index (Phi) is 4.15. The van der Waals surface area contributed by atoms with Crippen molar-refractivity contribution in [1.29, 1.82) is 0 Å². The summed E-state index contributed by atoms with van der Waals surface area (Å²) in [5.41, 5.74) is 7.09. The van der Waals surface area contributed by atoms with E-state index in [2.05, 4.69) is 0 Å². The third-order valence-corrected chi connectivity index (χ3v) is 2.93. The number of primary amides is 1. The molecule has 4 heteroatoms. The van der Waals surface area contributed by atoms with Gasteiger partial charge in [0.1, 0.15) is 5.75 Å². The molecule has 20 heavy (non-hydrogen) atoms. The summed E-state index contributed by atoms with van der Waals surface area (Å²) < 4.78 is 5.41. The zero-order valence-electron chi connectivity index (χ0n) is 11.1. The Hall–Kier alpha value is -2.62. The third-order valence-electron chi connectivity index (χ3n) is 2.93. The first-order valence-corrected chi connectivity index (χ1v) is 6.19. The van der Waals surface area contributed by atoms with Crippen LogP contribution in [0.5, 0.6) is 5.75 Å². The van der Waals surface area contributed by atoms with Crippen molar-refractivity contribution in [1.82, 2.24) is 0 Å². The lowest BCUT2D eigenvalue weighted by Gasteiger charge is -2.08. The average molecular weight is 269 g/mol. The van der Waals surface area contributed by atoms with Crippen LogP contribution in [0.3, 0.4) is 0 Å². The van der Waals surface area contributed by atoms with Gasteiger partial charge in [-0.25, -0.2) is 0 Å². The Morgan fingerprint density at radius 1 is 1.10 bits per heavy atom. The number of amides is 1. The van der Waals surface area contributed by atoms with E-state index >= 15 is 0 Å². The monoisotopic (exact) mass is 269 g/mol. The van der Waals surface area contributed by atoms with Crippen molar-refractivity contribution in [2.75, 3.05) is 6.61 Å². The highest BCUT2D eigenvalue weighted by atomic mass is 16.5. The molecule has 0 aliphatic rings. The minimum Gasteiger partial charge on any atom is -0.485 e. The minimum absolute atomic E-state index is 0.0763. The van der Waals surface area contributed by atoms with Gasteiger partial charge in [0, 0.05) is 11.1 Å². The molecular weight excluding hydrogens is 254 g/mol. The first-order chi connectivity index (χ1) is 9.58. The van der Waals surface area contributed by atoms with Gasteiger partial charge in [-0.05, 0) is 30.7 Å². The molecule has 0 heterocycles. The summed E-state index contributed by atoms with van der Waals surface area (Å²) in [6.07, 6.45) is 0. The molecule has 2 N–H and O–H groups in total. The van der Waals surface area contributed by atoms with E-state index in [1.54, 1.807) is 24.3 Å². The fraction of sp³-hybridized carbons (Fsp3) is 0.125. The fourth-order valence-corrected chi connectivity index (χ4v) is 1.85. The highest BCUT2D eigenvalue weighted by Crippen LogP contribution is 2.14. The number of carbonyl (C=O) groups excluding carboxylic acids is 2. The minimum atomic E-state index is -0.527. The van der Waals surface area contributed by atoms with E-state index in [1.807, 2.05) is 25.1 Å². The second kappa shape index (κ2) is 6.02. The van der Waals surface area contributed by atoms with Crippen LogP contribution in [0.15, 0.2) is 48.5 Å². The smallest absolute Gasteiger partial charge is 0.248 e. The zero-order valence-corrected chi connectivity index (χ0v) is 11.1. The first-order valence-electron chi connectivity index (χ1n) is 6.19. The maximum atomic E-state index is 12.0. The molecule has 0 bridgehead atoms. The van der Waals surface area contributed by atoms with Crippen molar-refractivity contribution in [3.05, 3.63) is 65.2 Å². The molecule has 0 aromatic heterocycles. The number of nitrogens with two attached hydrogens (primary N) is 1. The fourth-order valence-electron chi connectivity index (χ4n) is 1.85. The summed E-state index contributed by atoms with van der Waals surface area (Å²) >= 11 is 0. The van der Waals surface area contributed by atoms with Crippen LogP contribution in [0.4, 0.5) is 0 Å². The molecule has 102 valence electrons. The molecule has 0 aliphatic carbocycles. The van der Waals surface area contributed by atoms with Crippen molar-refractivity contribution in [2.24, 2.45) is 5.73 Å². The van der Waals surface area contributed by atoms with Gasteiger partial charge in [0.15, 0.2) is 12.4 Å². The van der Waals surface area contributed by atoms with E-state index in [0.717, 1.165) is 5.56 Å². The zero-order chi connectivity index (χ0) is 14.5. The highest BCUT2D eigenvalue weighted by molar-refractivity contribution is 5.98. The molecular formula is C16H15NO3. The third kappa shape index (κ3) is 3.23. The number of ether oxygens (including phenoxy) is 1. The molecule has 0 spiro atoms. The van der Waals surface area contributed by atoms with Gasteiger partial charge in [0.05, 0.1) is 0 Å². The highest BCUT2D eigenvalue weighted by Gasteiger charge is 2.09. The van der Waals surface area contributed by atoms with Gasteiger partial charge in [-0.3, -0.25) is 9.59 Å². The maximum absolute atomic E-state index is 12.0. The maximum Gasteiger partial charge on any atom is 0.248 e. The molecule has 2 aromatic carbocycles. The Morgan fingerprint density at radius 2 is 1.85 bits per heavy atom. The normalized spacial score (nSPS) is 10.1. The summed E-state index contributed by atoms with van der Waals surface area (Å²) in [7, 11) is 0. The number of hydrogen-bond acceptors (Lipinski definition) is 3. The molecule has 1 amide bonds. The average Bonchev–Trinajstić information content (AvgIpc) is 2.45. The van der Waals surface area contributed by atoms with Gasteiger partial charge in [-0.2, -0.15) is 0 Å². The molecule has 0 aliphatic heterocycles. The van der Waals surface area contributed by atoms with Gasteiger partial charge in [0.2, 0.25) is 5.91 Å². The summed E-state index contributed by atoms with van der Waals surface area (Å²) in [6.45, 7) is 1.80. The quantitative estimate of drug-likeness (QED) is 0.847. The Bertz CT molecular complexity index is 650. The van der Waals surface area contributed by atoms with Crippen LogP contribution in [0, 0.1) is 6.92 Å². The molecule has 0 radical (unpaired) electrons. The van der Waals surface area contributed by atoms with E-state index < -0.39 is 5.91 Å². The van der Waals surface area contributed by atoms with E-state index in [-0.39, 0.29) is 12.4 Å². The SMILES string of the molecule is Cc1ccccc1C(=O)COc1cccc(C(N)=O)c1. The molecule has 2 aromatic rings. The lowest BCUT2D eigenvalue weighted by molar-refractivity contribution is 0.0921. The van der Waals surface area contributed by atoms with Crippen molar-refractivity contribution >= 4 is 11.7 Å². The van der Waals surface area contributed by atoms with Crippen LogP contribution in [-0.4, -0.2) is 18.3 Å². The van der Waals surface area contributed by atoms with E-state index in [0.29, 0.717) is 16.9 Å². The number of rotatable bonds is 5. The Balaban J connectivity index is 2.06. The Morgan fingerprint density at radius 3 is 2.55 bits per heavy atom. The van der Waals surface area contributed by atoms with Crippen molar-refractivity contribution in [3.63, 3.8) is 0 Å². The van der Waals surface area contributed by atoms with Gasteiger partial charge >= 0.3 is 0 Å². The summed E-state index contributed by atoms with van der Waals surface area (Å²) in [6, 6.07) is 13.8. The van der Waals surface area contributed by atoms with Crippen LogP contribution < -0.4 is 10.5 Å². The summed E-state index contributed by atoms with van der Waals surface area (Å²) in [4.78, 5) is 23.1. The predicted molar refractivity (Wildman–Crippen MR) is 76.0 cm³/mol. The molecule has 0 fully saturated rings. The van der Waals surface area contributed by atoms with Gasteiger partial charge in [-0.15, -0.1) is 0 Å². The van der Waals surface area contributed by atoms with Gasteiger partial charge < -0.3 is 10.5 Å². The second-order valence-electron chi connectivity index (χ2n) is 4.42. The number of hydrogen-bond donors (Lipinski definition) is 1. The molecule has 0 unspecified atom stereocenters. The van der Waals surface area contributed by atoms with Crippen LogP contribution in [0.25, 0.3) is 0 Å². The van der Waals surface area contributed by atoms with Crippen LogP contribution in [0.1, 0.15) is 26.3 Å². The molecule has 4 nitrogen and oxygen atoms in total. The predicted octanol–water partition coefficient (Wildman–Crippen LogP) is 2.36. The molecule has 0 saturated heterocycles. The van der Waals surface area contributed by atoms with Crippen LogP contribution in [0.2, 0.25) is 0 Å². The number of benzene rings is 2. The standard InChI is InChI=1S/C16H15NO3/c1-11-5-2-3-8-14(11)15(18)10-20-13-7-4-6-12(9-13)16(17)19/h2-9H,10H2,1H3,(H2,17,19). The lowest BCUT2D eigenvalue weighted by atomic mass is 10.1. The van der Waals surface area contributed by atoms with Gasteiger partial charge in [-0.1, -0.05) is 30.3 Å². The van der Waals surface area contributed by atoms with Crippen LogP contribution >= 0.6 is 0 Å². The number of Topliss-reactive ketones (excluding diaryl/α,β-unsaturated/α-hetero) is 1. The lowest BCUT2D eigenvalue weighted by Crippen LogP contribution is -2.14. The van der Waals surface area contributed by atoms with Crippen molar-refractivity contribution < 1.29 is 14.3 Å². The van der Waals surface area contributed by atoms with Crippen molar-refractivity contribution in [2.45, 2.75) is 6.92 Å². The summed E-state index contributed by atoms with van der Waals surface area (Å²) in [5.74, 6) is -0.184. The summed E-state index contributed by atoms with van der Waals surface area (Å²) in [5, 5.41) is 0. The van der Waals surface area contributed by atoms with E-state index in [9.17, 15) is 9.59 Å². The van der Waals surface area contributed by atoms with E-state index in [4.69, 9.17) is 10.5 Å². The van der Waals surface area contributed by atoms with Crippen LogP contribution in [-0.2, 0) is 0 Å². The Labute approximate surface area is 117 Å².